The standard InChI is InChI=1S/C66H122O6/c1-4-7-10-13-16-19-22-25-28-31-34-37-40-43-46-49-52-55-58-64(67)70-61-63(72-66(69)60-57-54-51-48-45-42-39-36-33-30-27-24-21-18-15-12-9-6-3)62-71-65(68)59-56-53-50-47-44-41-38-35-32-29-26-23-20-17-14-11-8-5-2/h22,25,28,31,34,37,63H,4-21,23-24,26-27,29-30,32-33,35-36,38-62H2,1-3H3/b25-22-,31-28-,37-34-. The van der Waals surface area contributed by atoms with E-state index in [1.54, 1.807) is 0 Å². The van der Waals surface area contributed by atoms with Crippen molar-refractivity contribution >= 4 is 17.9 Å². The molecule has 0 radical (unpaired) electrons. The van der Waals surface area contributed by atoms with E-state index in [2.05, 4.69) is 57.2 Å². The molecule has 0 aromatic rings. The Kier molecular flexibility index (Phi) is 59.2. The third-order valence-electron chi connectivity index (χ3n) is 14.5. The number of esters is 3. The molecule has 0 saturated heterocycles. The van der Waals surface area contributed by atoms with Crippen molar-refractivity contribution in [3.8, 4) is 0 Å². The van der Waals surface area contributed by atoms with Gasteiger partial charge in [-0.25, -0.2) is 0 Å². The molecule has 72 heavy (non-hydrogen) atoms. The Balaban J connectivity index is 4.36. The van der Waals surface area contributed by atoms with Crippen LogP contribution in [0.3, 0.4) is 0 Å². The average Bonchev–Trinajstić information content (AvgIpc) is 3.38. The summed E-state index contributed by atoms with van der Waals surface area (Å²) in [6.07, 6.45) is 74.3. The van der Waals surface area contributed by atoms with Gasteiger partial charge in [0.15, 0.2) is 6.10 Å². The van der Waals surface area contributed by atoms with Crippen LogP contribution in [-0.2, 0) is 28.6 Å². The lowest BCUT2D eigenvalue weighted by atomic mass is 10.0. The van der Waals surface area contributed by atoms with E-state index in [1.165, 1.54) is 231 Å². The van der Waals surface area contributed by atoms with Crippen LogP contribution in [0.4, 0.5) is 0 Å². The van der Waals surface area contributed by atoms with Crippen LogP contribution < -0.4 is 0 Å². The van der Waals surface area contributed by atoms with Gasteiger partial charge in [0.2, 0.25) is 0 Å². The summed E-state index contributed by atoms with van der Waals surface area (Å²) in [5, 5.41) is 0. The van der Waals surface area contributed by atoms with Gasteiger partial charge < -0.3 is 14.2 Å². The first-order valence-electron chi connectivity index (χ1n) is 32.0. The minimum Gasteiger partial charge on any atom is -0.462 e. The molecule has 0 amide bonds. The molecule has 0 heterocycles. The van der Waals surface area contributed by atoms with Crippen molar-refractivity contribution < 1.29 is 28.6 Å². The third-order valence-corrected chi connectivity index (χ3v) is 14.5. The molecule has 0 rings (SSSR count). The zero-order valence-corrected chi connectivity index (χ0v) is 48.5. The van der Waals surface area contributed by atoms with Crippen LogP contribution in [0.1, 0.15) is 348 Å². The molecule has 6 nitrogen and oxygen atoms in total. The van der Waals surface area contributed by atoms with E-state index in [4.69, 9.17) is 14.2 Å². The quantitative estimate of drug-likeness (QED) is 0.0261. The average molecular weight is 1010 g/mol. The third kappa shape index (κ3) is 58.5. The van der Waals surface area contributed by atoms with Crippen LogP contribution in [0.5, 0.6) is 0 Å². The predicted octanol–water partition coefficient (Wildman–Crippen LogP) is 21.6. The van der Waals surface area contributed by atoms with Gasteiger partial charge >= 0.3 is 17.9 Å². The summed E-state index contributed by atoms with van der Waals surface area (Å²) < 4.78 is 16.9. The van der Waals surface area contributed by atoms with Gasteiger partial charge in [-0.3, -0.25) is 14.4 Å². The first-order chi connectivity index (χ1) is 35.5. The molecule has 0 bridgehead atoms. The number of carbonyl (C=O) groups excluding carboxylic acids is 3. The summed E-state index contributed by atoms with van der Waals surface area (Å²) in [5.74, 6) is -0.867. The van der Waals surface area contributed by atoms with Gasteiger partial charge in [-0.05, 0) is 44.9 Å². The van der Waals surface area contributed by atoms with Gasteiger partial charge in [0.25, 0.3) is 0 Å². The maximum absolute atomic E-state index is 12.9. The number of rotatable bonds is 59. The number of allylic oxidation sites excluding steroid dienone is 6. The zero-order chi connectivity index (χ0) is 52.2. The molecule has 1 unspecified atom stereocenters. The van der Waals surface area contributed by atoms with E-state index in [9.17, 15) is 14.4 Å². The normalized spacial score (nSPS) is 12.2. The van der Waals surface area contributed by atoms with Crippen molar-refractivity contribution in [2.24, 2.45) is 0 Å². The fourth-order valence-electron chi connectivity index (χ4n) is 9.62. The molecule has 0 aromatic carbocycles. The minimum atomic E-state index is -0.777. The molecule has 1 atom stereocenters. The maximum Gasteiger partial charge on any atom is 0.306 e. The summed E-state index contributed by atoms with van der Waals surface area (Å²) in [7, 11) is 0. The highest BCUT2D eigenvalue weighted by Gasteiger charge is 2.19. The molecule has 0 saturated carbocycles. The summed E-state index contributed by atoms with van der Waals surface area (Å²) in [4.78, 5) is 38.3. The molecule has 0 aliphatic carbocycles. The lowest BCUT2D eigenvalue weighted by Crippen LogP contribution is -2.30. The summed E-state index contributed by atoms with van der Waals surface area (Å²) in [6.45, 7) is 6.68. The molecular weight excluding hydrogens is 889 g/mol. The Morgan fingerprint density at radius 2 is 0.500 bits per heavy atom. The van der Waals surface area contributed by atoms with Crippen LogP contribution in [0.15, 0.2) is 36.5 Å². The minimum absolute atomic E-state index is 0.0733. The fourth-order valence-corrected chi connectivity index (χ4v) is 9.62. The van der Waals surface area contributed by atoms with E-state index in [1.807, 2.05) is 0 Å². The monoisotopic (exact) mass is 1010 g/mol. The molecule has 0 aliphatic heterocycles. The van der Waals surface area contributed by atoms with E-state index in [0.29, 0.717) is 19.3 Å². The Morgan fingerprint density at radius 1 is 0.278 bits per heavy atom. The van der Waals surface area contributed by atoms with Gasteiger partial charge in [0.05, 0.1) is 0 Å². The van der Waals surface area contributed by atoms with Crippen LogP contribution in [0.25, 0.3) is 0 Å². The molecule has 0 N–H and O–H groups in total. The largest absolute Gasteiger partial charge is 0.462 e. The number of unbranched alkanes of at least 4 members (excludes halogenated alkanes) is 44. The van der Waals surface area contributed by atoms with Crippen molar-refractivity contribution in [2.45, 2.75) is 354 Å². The van der Waals surface area contributed by atoms with Gasteiger partial charge in [-0.1, -0.05) is 320 Å². The summed E-state index contributed by atoms with van der Waals surface area (Å²) in [5.41, 5.74) is 0. The second-order valence-corrected chi connectivity index (χ2v) is 21.7. The van der Waals surface area contributed by atoms with Crippen molar-refractivity contribution in [3.05, 3.63) is 36.5 Å². The van der Waals surface area contributed by atoms with Crippen molar-refractivity contribution in [1.29, 1.82) is 0 Å². The van der Waals surface area contributed by atoms with Gasteiger partial charge in [0, 0.05) is 19.3 Å². The van der Waals surface area contributed by atoms with E-state index >= 15 is 0 Å². The highest BCUT2D eigenvalue weighted by atomic mass is 16.6. The Morgan fingerprint density at radius 3 is 0.764 bits per heavy atom. The first kappa shape index (κ1) is 69.6. The number of carbonyl (C=O) groups is 3. The topological polar surface area (TPSA) is 78.9 Å². The Labute approximate surface area is 448 Å². The van der Waals surface area contributed by atoms with Crippen molar-refractivity contribution in [1.82, 2.24) is 0 Å². The summed E-state index contributed by atoms with van der Waals surface area (Å²) >= 11 is 0. The highest BCUT2D eigenvalue weighted by Crippen LogP contribution is 2.18. The molecule has 0 spiro atoms. The Hall–Kier alpha value is -2.37. The lowest BCUT2D eigenvalue weighted by molar-refractivity contribution is -0.167. The van der Waals surface area contributed by atoms with Gasteiger partial charge in [-0.2, -0.15) is 0 Å². The SMILES string of the molecule is CCCCCCC\C=C/C=C\C=C/CCCCCCCC(=O)OCC(COC(=O)CCCCCCCCCCCCCCCCCCCC)OC(=O)CCCCCCCCCCCCCCCCCCCC. The molecule has 6 heteroatoms. The van der Waals surface area contributed by atoms with E-state index in [-0.39, 0.29) is 31.1 Å². The second-order valence-electron chi connectivity index (χ2n) is 21.7. The smallest absolute Gasteiger partial charge is 0.306 e. The van der Waals surface area contributed by atoms with Crippen molar-refractivity contribution in [3.63, 3.8) is 0 Å². The molecule has 422 valence electrons. The highest BCUT2D eigenvalue weighted by molar-refractivity contribution is 5.71. The van der Waals surface area contributed by atoms with Gasteiger partial charge in [-0.15, -0.1) is 0 Å². The second kappa shape index (κ2) is 61.2. The predicted molar refractivity (Wildman–Crippen MR) is 312 cm³/mol. The fraction of sp³-hybridized carbons (Fsp3) is 0.864. The van der Waals surface area contributed by atoms with Crippen LogP contribution in [-0.4, -0.2) is 37.2 Å². The molecule has 0 aliphatic rings. The van der Waals surface area contributed by atoms with Crippen LogP contribution in [0, 0.1) is 0 Å². The molecule has 0 aromatic heterocycles. The van der Waals surface area contributed by atoms with Crippen molar-refractivity contribution in [2.75, 3.05) is 13.2 Å². The first-order valence-corrected chi connectivity index (χ1v) is 32.0. The molecular formula is C66H122O6. The Bertz CT molecular complexity index is 1210. The van der Waals surface area contributed by atoms with Crippen LogP contribution in [0.2, 0.25) is 0 Å². The number of hydrogen-bond acceptors (Lipinski definition) is 6. The number of ether oxygens (including phenoxy) is 3. The van der Waals surface area contributed by atoms with E-state index < -0.39 is 6.10 Å². The van der Waals surface area contributed by atoms with E-state index in [0.717, 1.165) is 77.0 Å². The van der Waals surface area contributed by atoms with Crippen LogP contribution >= 0.6 is 0 Å². The number of hydrogen-bond donors (Lipinski definition) is 0. The maximum atomic E-state index is 12.9. The summed E-state index contributed by atoms with van der Waals surface area (Å²) in [6, 6.07) is 0. The van der Waals surface area contributed by atoms with Gasteiger partial charge in [0.1, 0.15) is 13.2 Å². The molecule has 0 fully saturated rings. The lowest BCUT2D eigenvalue weighted by Gasteiger charge is -2.18. The zero-order valence-electron chi connectivity index (χ0n) is 48.5.